The summed E-state index contributed by atoms with van der Waals surface area (Å²) in [7, 11) is 5.59. The number of nitrogens with one attached hydrogen (secondary N) is 2. The summed E-state index contributed by atoms with van der Waals surface area (Å²) in [6.45, 7) is 2.40. The summed E-state index contributed by atoms with van der Waals surface area (Å²) in [5.74, 6) is 0.786. The third kappa shape index (κ3) is 5.08. The van der Waals surface area contributed by atoms with Crippen LogP contribution in [0.25, 0.3) is 5.69 Å². The first-order chi connectivity index (χ1) is 14.0. The highest BCUT2D eigenvalue weighted by atomic mass is 16.5. The standard InChI is InChI=1S/C20H25N7O2/c1-14-8-9-16(11-18(14)27-13-22-24-25-27)23-20(28)21-12-19(26(2)3)15-6-5-7-17(10-15)29-4/h5-11,13,19H,12H2,1-4H3,(H2,21,23,28)/t19-/m1/s1. The summed E-state index contributed by atoms with van der Waals surface area (Å²) in [6.07, 6.45) is 1.52. The van der Waals surface area contributed by atoms with Gasteiger partial charge in [-0.25, -0.2) is 9.48 Å². The average Bonchev–Trinajstić information content (AvgIpc) is 3.24. The van der Waals surface area contributed by atoms with Crippen molar-refractivity contribution >= 4 is 11.7 Å². The molecule has 0 saturated carbocycles. The SMILES string of the molecule is COc1cccc([C@@H](CNC(=O)Nc2ccc(C)c(-n3cnnn3)c2)N(C)C)c1. The predicted molar refractivity (Wildman–Crippen MR) is 110 cm³/mol. The van der Waals surface area contributed by atoms with Gasteiger partial charge in [-0.15, -0.1) is 5.10 Å². The number of hydrogen-bond acceptors (Lipinski definition) is 6. The Bertz CT molecular complexity index is 957. The van der Waals surface area contributed by atoms with E-state index in [-0.39, 0.29) is 12.1 Å². The molecule has 2 aromatic carbocycles. The third-order valence-corrected chi connectivity index (χ3v) is 4.62. The van der Waals surface area contributed by atoms with Crippen LogP contribution in [0.1, 0.15) is 17.2 Å². The molecule has 0 saturated heterocycles. The highest BCUT2D eigenvalue weighted by molar-refractivity contribution is 5.89. The van der Waals surface area contributed by atoms with Crippen molar-refractivity contribution in [3.8, 4) is 11.4 Å². The van der Waals surface area contributed by atoms with E-state index in [0.717, 1.165) is 22.6 Å². The van der Waals surface area contributed by atoms with Gasteiger partial charge >= 0.3 is 6.03 Å². The Labute approximate surface area is 169 Å². The Morgan fingerprint density at radius 3 is 2.76 bits per heavy atom. The van der Waals surface area contributed by atoms with Crippen LogP contribution < -0.4 is 15.4 Å². The molecule has 2 amide bonds. The number of benzene rings is 2. The van der Waals surface area contributed by atoms with Gasteiger partial charge in [-0.3, -0.25) is 0 Å². The number of amides is 2. The van der Waals surface area contributed by atoms with E-state index >= 15 is 0 Å². The van der Waals surface area contributed by atoms with Crippen LogP contribution >= 0.6 is 0 Å². The number of aryl methyl sites for hydroxylation is 1. The number of carbonyl (C=O) groups excluding carboxylic acids is 1. The Balaban J connectivity index is 1.66. The van der Waals surface area contributed by atoms with Gasteiger partial charge in [0.25, 0.3) is 0 Å². The molecule has 0 unspecified atom stereocenters. The molecule has 152 valence electrons. The number of ether oxygens (including phenoxy) is 1. The fraction of sp³-hybridized carbons (Fsp3) is 0.300. The van der Waals surface area contributed by atoms with Crippen LogP contribution in [0.4, 0.5) is 10.5 Å². The molecule has 0 fully saturated rings. The molecule has 3 aromatic rings. The highest BCUT2D eigenvalue weighted by Crippen LogP contribution is 2.22. The van der Waals surface area contributed by atoms with Crippen LogP contribution in [-0.2, 0) is 0 Å². The summed E-state index contributed by atoms with van der Waals surface area (Å²) < 4.78 is 6.87. The quantitative estimate of drug-likeness (QED) is 0.638. The summed E-state index contributed by atoms with van der Waals surface area (Å²) in [6, 6.07) is 13.1. The minimum Gasteiger partial charge on any atom is -0.497 e. The minimum atomic E-state index is -0.286. The summed E-state index contributed by atoms with van der Waals surface area (Å²) >= 11 is 0. The number of urea groups is 1. The van der Waals surface area contributed by atoms with E-state index in [1.54, 1.807) is 11.8 Å². The van der Waals surface area contributed by atoms with Gasteiger partial charge in [0.05, 0.1) is 18.8 Å². The number of anilines is 1. The summed E-state index contributed by atoms with van der Waals surface area (Å²) in [5.41, 5.74) is 3.51. The molecule has 0 aliphatic carbocycles. The van der Waals surface area contributed by atoms with Crippen molar-refractivity contribution in [2.75, 3.05) is 33.1 Å². The fourth-order valence-corrected chi connectivity index (χ4v) is 3.02. The van der Waals surface area contributed by atoms with Crippen molar-refractivity contribution in [1.82, 2.24) is 30.4 Å². The monoisotopic (exact) mass is 395 g/mol. The normalized spacial score (nSPS) is 11.9. The second-order valence-corrected chi connectivity index (χ2v) is 6.85. The second-order valence-electron chi connectivity index (χ2n) is 6.85. The lowest BCUT2D eigenvalue weighted by molar-refractivity contribution is 0.243. The maximum atomic E-state index is 12.5. The predicted octanol–water partition coefficient (Wildman–Crippen LogP) is 2.40. The number of aromatic nitrogens is 4. The number of nitrogens with zero attached hydrogens (tertiary/aromatic N) is 5. The van der Waals surface area contributed by atoms with Crippen LogP contribution in [0.3, 0.4) is 0 Å². The van der Waals surface area contributed by atoms with Crippen molar-refractivity contribution in [1.29, 1.82) is 0 Å². The average molecular weight is 395 g/mol. The first kappa shape index (κ1) is 20.3. The Hall–Kier alpha value is -3.46. The van der Waals surface area contributed by atoms with Gasteiger partial charge in [-0.1, -0.05) is 18.2 Å². The van der Waals surface area contributed by atoms with E-state index in [4.69, 9.17) is 4.74 Å². The Kier molecular flexibility index (Phi) is 6.40. The van der Waals surface area contributed by atoms with Gasteiger partial charge < -0.3 is 20.3 Å². The number of carbonyl (C=O) groups is 1. The number of rotatable bonds is 7. The number of tetrazole rings is 1. The van der Waals surface area contributed by atoms with E-state index in [2.05, 4.69) is 31.1 Å². The Morgan fingerprint density at radius 1 is 1.24 bits per heavy atom. The molecule has 0 aliphatic heterocycles. The third-order valence-electron chi connectivity index (χ3n) is 4.62. The molecular formula is C20H25N7O2. The largest absolute Gasteiger partial charge is 0.497 e. The van der Waals surface area contributed by atoms with E-state index in [1.807, 2.05) is 63.5 Å². The van der Waals surface area contributed by atoms with Crippen molar-refractivity contribution in [2.24, 2.45) is 0 Å². The molecule has 2 N–H and O–H groups in total. The van der Waals surface area contributed by atoms with Crippen molar-refractivity contribution in [2.45, 2.75) is 13.0 Å². The van der Waals surface area contributed by atoms with Crippen molar-refractivity contribution in [3.05, 3.63) is 59.9 Å². The molecule has 1 atom stereocenters. The first-order valence-electron chi connectivity index (χ1n) is 9.17. The van der Waals surface area contributed by atoms with Crippen LogP contribution in [0.5, 0.6) is 5.75 Å². The van der Waals surface area contributed by atoms with Crippen molar-refractivity contribution in [3.63, 3.8) is 0 Å². The van der Waals surface area contributed by atoms with Crippen LogP contribution in [-0.4, -0.2) is 58.9 Å². The number of hydrogen-bond donors (Lipinski definition) is 2. The lowest BCUT2D eigenvalue weighted by atomic mass is 10.1. The molecule has 0 bridgehead atoms. The smallest absolute Gasteiger partial charge is 0.319 e. The molecular weight excluding hydrogens is 370 g/mol. The maximum absolute atomic E-state index is 12.5. The molecule has 1 aromatic heterocycles. The zero-order chi connectivity index (χ0) is 20.8. The van der Waals surface area contributed by atoms with Gasteiger partial charge in [0.2, 0.25) is 0 Å². The lowest BCUT2D eigenvalue weighted by Gasteiger charge is -2.25. The summed E-state index contributed by atoms with van der Waals surface area (Å²) in [4.78, 5) is 14.5. The second kappa shape index (κ2) is 9.16. The van der Waals surface area contributed by atoms with Gasteiger partial charge in [-0.2, -0.15) is 0 Å². The van der Waals surface area contributed by atoms with Gasteiger partial charge in [0.15, 0.2) is 0 Å². The number of likely N-dealkylation sites (N-methyl/N-ethyl adjacent to an activating group) is 1. The molecule has 29 heavy (non-hydrogen) atoms. The highest BCUT2D eigenvalue weighted by Gasteiger charge is 2.16. The van der Waals surface area contributed by atoms with E-state index < -0.39 is 0 Å². The van der Waals surface area contributed by atoms with E-state index in [1.165, 1.54) is 6.33 Å². The van der Waals surface area contributed by atoms with Crippen LogP contribution in [0.2, 0.25) is 0 Å². The zero-order valence-electron chi connectivity index (χ0n) is 17.0. The molecule has 0 aliphatic rings. The maximum Gasteiger partial charge on any atom is 0.319 e. The zero-order valence-corrected chi connectivity index (χ0v) is 17.0. The van der Waals surface area contributed by atoms with Gasteiger partial charge in [-0.05, 0) is 66.8 Å². The number of methoxy groups -OCH3 is 1. The molecule has 0 radical (unpaired) electrons. The fourth-order valence-electron chi connectivity index (χ4n) is 3.02. The van der Waals surface area contributed by atoms with E-state index in [9.17, 15) is 4.79 Å². The van der Waals surface area contributed by atoms with Crippen LogP contribution in [0.15, 0.2) is 48.8 Å². The molecule has 9 heteroatoms. The first-order valence-corrected chi connectivity index (χ1v) is 9.17. The summed E-state index contributed by atoms with van der Waals surface area (Å²) in [5, 5.41) is 17.0. The molecule has 0 spiro atoms. The Morgan fingerprint density at radius 2 is 2.07 bits per heavy atom. The van der Waals surface area contributed by atoms with Gasteiger partial charge in [0.1, 0.15) is 12.1 Å². The lowest BCUT2D eigenvalue weighted by Crippen LogP contribution is -2.36. The topological polar surface area (TPSA) is 97.2 Å². The molecule has 1 heterocycles. The van der Waals surface area contributed by atoms with Crippen LogP contribution in [0, 0.1) is 6.92 Å². The minimum absolute atomic E-state index is 0.00523. The molecule has 9 nitrogen and oxygen atoms in total. The van der Waals surface area contributed by atoms with E-state index in [0.29, 0.717) is 12.2 Å². The molecule has 3 rings (SSSR count). The van der Waals surface area contributed by atoms with Gasteiger partial charge in [0, 0.05) is 12.2 Å². The van der Waals surface area contributed by atoms with Crippen molar-refractivity contribution < 1.29 is 9.53 Å².